The number of anilines is 2. The van der Waals surface area contributed by atoms with Gasteiger partial charge in [-0.1, -0.05) is 66.0 Å². The third kappa shape index (κ3) is 7.07. The Balaban J connectivity index is 0.00000432. The van der Waals surface area contributed by atoms with Gasteiger partial charge in [0, 0.05) is 37.5 Å². The number of carbonyl (C=O) groups excluding carboxylic acids is 1. The molecule has 6 heteroatoms. The van der Waals surface area contributed by atoms with Crippen LogP contribution in [-0.4, -0.2) is 26.8 Å². The molecule has 1 atom stereocenters. The fourth-order valence-corrected chi connectivity index (χ4v) is 4.68. The molecule has 0 bridgehead atoms. The highest BCUT2D eigenvalue weighted by molar-refractivity contribution is 5.93. The number of ether oxygens (including phenoxy) is 2. The highest BCUT2D eigenvalue weighted by Gasteiger charge is 2.26. The first kappa shape index (κ1) is 28.8. The van der Waals surface area contributed by atoms with Crippen LogP contribution >= 0.6 is 12.4 Å². The minimum absolute atomic E-state index is 0. The molecular weight excluding hydrogens is 460 g/mol. The number of carbonyl (C=O) groups is 1. The molecule has 0 saturated heterocycles. The van der Waals surface area contributed by atoms with Crippen molar-refractivity contribution >= 4 is 29.7 Å². The van der Waals surface area contributed by atoms with E-state index in [9.17, 15) is 4.79 Å². The maximum atomic E-state index is 13.5. The Labute approximate surface area is 218 Å². The van der Waals surface area contributed by atoms with Gasteiger partial charge in [0.2, 0.25) is 12.7 Å². The minimum atomic E-state index is 0. The summed E-state index contributed by atoms with van der Waals surface area (Å²) in [6.07, 6.45) is 4.78. The summed E-state index contributed by atoms with van der Waals surface area (Å²) in [5, 5.41) is 3.34. The van der Waals surface area contributed by atoms with Gasteiger partial charge >= 0.3 is 0 Å². The molecule has 1 amide bonds. The SMILES string of the molecule is CCCCC[C@H](CC(=O)Nc1c(C(C)C)cc(N(C)C)cc1C(C)C)c1cccc2c1OCO2.Cl. The molecule has 1 N–H and O–H groups in total. The number of amides is 1. The van der Waals surface area contributed by atoms with Crippen molar-refractivity contribution in [3.63, 3.8) is 0 Å². The first-order chi connectivity index (χ1) is 16.2. The highest BCUT2D eigenvalue weighted by atomic mass is 35.5. The molecule has 2 aromatic rings. The van der Waals surface area contributed by atoms with Crippen molar-refractivity contribution in [2.45, 2.75) is 84.5 Å². The lowest BCUT2D eigenvalue weighted by atomic mass is 9.88. The molecule has 0 aliphatic carbocycles. The number of rotatable bonds is 11. The molecule has 3 rings (SSSR count). The molecule has 1 heterocycles. The standard InChI is InChI=1S/C29H42N2O3.ClH/c1-8-9-10-12-21(23-13-11-14-26-29(23)34-18-33-26)15-27(32)30-28-24(19(2)3)16-22(31(6)7)17-25(28)20(4)5;/h11,13-14,16-17,19-21H,8-10,12,15,18H2,1-7H3,(H,30,32);1H/t21-;/m1./s1. The molecule has 0 radical (unpaired) electrons. The Morgan fingerprint density at radius 3 is 2.23 bits per heavy atom. The van der Waals surface area contributed by atoms with Gasteiger partial charge in [-0.05, 0) is 53.5 Å². The average Bonchev–Trinajstić information content (AvgIpc) is 3.27. The number of para-hydroxylation sites is 1. The van der Waals surface area contributed by atoms with Crippen LogP contribution in [0.5, 0.6) is 11.5 Å². The lowest BCUT2D eigenvalue weighted by Crippen LogP contribution is -2.20. The number of fused-ring (bicyclic) bond motifs is 1. The van der Waals surface area contributed by atoms with Gasteiger partial charge in [0.05, 0.1) is 0 Å². The van der Waals surface area contributed by atoms with E-state index in [1.165, 1.54) is 16.8 Å². The molecule has 5 nitrogen and oxygen atoms in total. The van der Waals surface area contributed by atoms with Crippen molar-refractivity contribution in [3.8, 4) is 11.5 Å². The van der Waals surface area contributed by atoms with E-state index in [0.29, 0.717) is 18.3 Å². The van der Waals surface area contributed by atoms with Crippen LogP contribution in [0.1, 0.15) is 101 Å². The number of nitrogens with one attached hydrogen (secondary N) is 1. The predicted octanol–water partition coefficient (Wildman–Crippen LogP) is 7.84. The zero-order chi connectivity index (χ0) is 24.8. The highest BCUT2D eigenvalue weighted by Crippen LogP contribution is 2.42. The van der Waals surface area contributed by atoms with Crippen LogP contribution in [0.4, 0.5) is 11.4 Å². The molecule has 0 saturated carbocycles. The molecule has 0 unspecified atom stereocenters. The van der Waals surface area contributed by atoms with Crippen LogP contribution in [0, 0.1) is 0 Å². The fourth-order valence-electron chi connectivity index (χ4n) is 4.68. The van der Waals surface area contributed by atoms with Crippen LogP contribution in [0.25, 0.3) is 0 Å². The number of hydrogen-bond acceptors (Lipinski definition) is 4. The van der Waals surface area contributed by atoms with E-state index < -0.39 is 0 Å². The van der Waals surface area contributed by atoms with Crippen LogP contribution in [0.15, 0.2) is 30.3 Å². The lowest BCUT2D eigenvalue weighted by molar-refractivity contribution is -0.116. The van der Waals surface area contributed by atoms with Gasteiger partial charge in [0.15, 0.2) is 11.5 Å². The van der Waals surface area contributed by atoms with E-state index in [2.05, 4.69) is 77.1 Å². The van der Waals surface area contributed by atoms with Crippen LogP contribution in [0.2, 0.25) is 0 Å². The van der Waals surface area contributed by atoms with Gasteiger partial charge in [0.25, 0.3) is 0 Å². The van der Waals surface area contributed by atoms with Gasteiger partial charge in [-0.3, -0.25) is 4.79 Å². The zero-order valence-electron chi connectivity index (χ0n) is 22.4. The summed E-state index contributed by atoms with van der Waals surface area (Å²) in [6, 6.07) is 10.4. The molecule has 0 aromatic heterocycles. The molecule has 0 fully saturated rings. The molecule has 1 aliphatic heterocycles. The normalized spacial score (nSPS) is 13.1. The quantitative estimate of drug-likeness (QED) is 0.318. The molecule has 0 spiro atoms. The summed E-state index contributed by atoms with van der Waals surface area (Å²) in [6.45, 7) is 11.2. The number of halogens is 1. The second-order valence-electron chi connectivity index (χ2n) is 10.2. The summed E-state index contributed by atoms with van der Waals surface area (Å²) in [7, 11) is 4.12. The summed E-state index contributed by atoms with van der Waals surface area (Å²) in [5.41, 5.74) is 5.59. The van der Waals surface area contributed by atoms with Gasteiger partial charge in [-0.15, -0.1) is 12.4 Å². The molecule has 2 aromatic carbocycles. The van der Waals surface area contributed by atoms with E-state index in [1.54, 1.807) is 0 Å². The summed E-state index contributed by atoms with van der Waals surface area (Å²) >= 11 is 0. The minimum Gasteiger partial charge on any atom is -0.454 e. The molecule has 35 heavy (non-hydrogen) atoms. The molecule has 1 aliphatic rings. The van der Waals surface area contributed by atoms with Crippen LogP contribution in [-0.2, 0) is 4.79 Å². The van der Waals surface area contributed by atoms with E-state index in [0.717, 1.165) is 48.4 Å². The number of hydrogen-bond donors (Lipinski definition) is 1. The Morgan fingerprint density at radius 2 is 1.66 bits per heavy atom. The topological polar surface area (TPSA) is 50.8 Å². The second-order valence-corrected chi connectivity index (χ2v) is 10.2. The van der Waals surface area contributed by atoms with Crippen LogP contribution in [0.3, 0.4) is 0 Å². The third-order valence-electron chi connectivity index (χ3n) is 6.66. The Bertz CT molecular complexity index is 959. The largest absolute Gasteiger partial charge is 0.454 e. The van der Waals surface area contributed by atoms with Crippen molar-refractivity contribution in [2.24, 2.45) is 0 Å². The van der Waals surface area contributed by atoms with E-state index in [4.69, 9.17) is 9.47 Å². The monoisotopic (exact) mass is 502 g/mol. The summed E-state index contributed by atoms with van der Waals surface area (Å²) in [4.78, 5) is 15.6. The van der Waals surface area contributed by atoms with E-state index in [-0.39, 0.29) is 31.0 Å². The van der Waals surface area contributed by atoms with Crippen molar-refractivity contribution < 1.29 is 14.3 Å². The van der Waals surface area contributed by atoms with Gasteiger partial charge in [0.1, 0.15) is 0 Å². The van der Waals surface area contributed by atoms with Crippen molar-refractivity contribution in [1.29, 1.82) is 0 Å². The third-order valence-corrected chi connectivity index (χ3v) is 6.66. The molecule has 194 valence electrons. The first-order valence-corrected chi connectivity index (χ1v) is 12.8. The maximum Gasteiger partial charge on any atom is 0.231 e. The second kappa shape index (κ2) is 13.1. The van der Waals surface area contributed by atoms with Gasteiger partial charge in [-0.2, -0.15) is 0 Å². The van der Waals surface area contributed by atoms with Gasteiger partial charge < -0.3 is 19.7 Å². The Kier molecular flexibility index (Phi) is 10.8. The first-order valence-electron chi connectivity index (χ1n) is 12.8. The predicted molar refractivity (Wildman–Crippen MR) is 149 cm³/mol. The lowest BCUT2D eigenvalue weighted by Gasteiger charge is -2.25. The van der Waals surface area contributed by atoms with E-state index in [1.807, 2.05) is 12.1 Å². The van der Waals surface area contributed by atoms with Crippen molar-refractivity contribution in [3.05, 3.63) is 47.0 Å². The number of unbranched alkanes of at least 4 members (excludes halogenated alkanes) is 2. The summed E-state index contributed by atoms with van der Waals surface area (Å²) in [5.74, 6) is 2.33. The average molecular weight is 503 g/mol. The fraction of sp³-hybridized carbons (Fsp3) is 0.552. The van der Waals surface area contributed by atoms with Crippen molar-refractivity contribution in [2.75, 3.05) is 31.1 Å². The number of benzene rings is 2. The number of nitrogens with zero attached hydrogens (tertiary/aromatic N) is 1. The smallest absolute Gasteiger partial charge is 0.231 e. The molecular formula is C29H43ClN2O3. The Hall–Kier alpha value is -2.40. The maximum absolute atomic E-state index is 13.5. The zero-order valence-corrected chi connectivity index (χ0v) is 23.3. The van der Waals surface area contributed by atoms with Crippen molar-refractivity contribution in [1.82, 2.24) is 0 Å². The van der Waals surface area contributed by atoms with Crippen LogP contribution < -0.4 is 19.7 Å². The summed E-state index contributed by atoms with van der Waals surface area (Å²) < 4.78 is 11.4. The van der Waals surface area contributed by atoms with Gasteiger partial charge in [-0.25, -0.2) is 0 Å². The Morgan fingerprint density at radius 1 is 1.00 bits per heavy atom. The van der Waals surface area contributed by atoms with E-state index >= 15 is 0 Å².